The molecule has 1 unspecified atom stereocenters. The van der Waals surface area contributed by atoms with Crippen molar-refractivity contribution in [3.05, 3.63) is 49.6 Å². The SMILES string of the molecule is CC(=O)N(Cc1cc(C(F)(F)F)cc(C(F)(F)F)c1)C1CCCN(C(=O)OC(C)C)c2cc(Br)sc21. The molecule has 2 aromatic rings. The number of benzene rings is 1. The van der Waals surface area contributed by atoms with Crippen molar-refractivity contribution in [3.63, 3.8) is 0 Å². The van der Waals surface area contributed by atoms with E-state index >= 15 is 0 Å². The average molecular weight is 601 g/mol. The lowest BCUT2D eigenvalue weighted by Crippen LogP contribution is -2.34. The fourth-order valence-corrected chi connectivity index (χ4v) is 5.79. The molecule has 0 bridgehead atoms. The second-order valence-corrected chi connectivity index (χ2v) is 11.1. The predicted octanol–water partition coefficient (Wildman–Crippen LogP) is 7.78. The molecule has 1 aliphatic rings. The smallest absolute Gasteiger partial charge is 0.416 e. The van der Waals surface area contributed by atoms with Gasteiger partial charge in [0.2, 0.25) is 5.91 Å². The van der Waals surface area contributed by atoms with Crippen LogP contribution in [0.25, 0.3) is 0 Å². The molecular weight excluding hydrogens is 578 g/mol. The Labute approximate surface area is 216 Å². The maximum atomic E-state index is 13.3. The standard InChI is InChI=1S/C23H23BrF6N2O3S/c1-12(2)35-21(34)31-6-4-5-17(20-18(31)10-19(24)36-20)32(13(3)33)11-14-7-15(22(25,26)27)9-16(8-14)23(28,29)30/h7-10,12,17H,4-6,11H2,1-3H3. The lowest BCUT2D eigenvalue weighted by atomic mass is 10.0. The summed E-state index contributed by atoms with van der Waals surface area (Å²) in [4.78, 5) is 28.6. The fraction of sp³-hybridized carbons (Fsp3) is 0.478. The summed E-state index contributed by atoms with van der Waals surface area (Å²) in [6.07, 6.45) is -10.2. The van der Waals surface area contributed by atoms with Gasteiger partial charge in [0.1, 0.15) is 0 Å². The van der Waals surface area contributed by atoms with Crippen LogP contribution < -0.4 is 4.90 Å². The summed E-state index contributed by atoms with van der Waals surface area (Å²) in [6.45, 7) is 4.40. The van der Waals surface area contributed by atoms with Crippen molar-refractivity contribution in [2.45, 2.75) is 64.7 Å². The minimum absolute atomic E-state index is 0.0555. The predicted molar refractivity (Wildman–Crippen MR) is 126 cm³/mol. The lowest BCUT2D eigenvalue weighted by Gasteiger charge is -2.31. The summed E-state index contributed by atoms with van der Waals surface area (Å²) in [7, 11) is 0. The van der Waals surface area contributed by atoms with Gasteiger partial charge in [-0.15, -0.1) is 11.3 Å². The molecule has 0 aliphatic carbocycles. The van der Waals surface area contributed by atoms with Crippen LogP contribution in [-0.4, -0.2) is 29.5 Å². The summed E-state index contributed by atoms with van der Waals surface area (Å²) < 4.78 is 86.1. The van der Waals surface area contributed by atoms with E-state index in [-0.39, 0.29) is 24.3 Å². The van der Waals surface area contributed by atoms with E-state index in [1.165, 1.54) is 28.1 Å². The molecular formula is C23H23BrF6N2O3S. The Morgan fingerprint density at radius 2 is 1.69 bits per heavy atom. The molecule has 0 saturated carbocycles. The molecule has 3 rings (SSSR count). The second kappa shape index (κ2) is 10.6. The topological polar surface area (TPSA) is 49.9 Å². The van der Waals surface area contributed by atoms with E-state index in [4.69, 9.17) is 4.74 Å². The summed E-state index contributed by atoms with van der Waals surface area (Å²) in [5.41, 5.74) is -2.71. The third kappa shape index (κ3) is 6.53. The van der Waals surface area contributed by atoms with Gasteiger partial charge < -0.3 is 9.64 Å². The lowest BCUT2D eigenvalue weighted by molar-refractivity contribution is -0.143. The average Bonchev–Trinajstić information content (AvgIpc) is 3.02. The molecule has 0 saturated heterocycles. The molecule has 36 heavy (non-hydrogen) atoms. The van der Waals surface area contributed by atoms with E-state index in [1.807, 2.05) is 0 Å². The van der Waals surface area contributed by atoms with E-state index in [2.05, 4.69) is 15.9 Å². The Morgan fingerprint density at radius 3 is 2.19 bits per heavy atom. The van der Waals surface area contributed by atoms with E-state index in [1.54, 1.807) is 19.9 Å². The van der Waals surface area contributed by atoms with Crippen molar-refractivity contribution in [3.8, 4) is 0 Å². The monoisotopic (exact) mass is 600 g/mol. The Balaban J connectivity index is 2.04. The number of alkyl halides is 6. The quantitative estimate of drug-likeness (QED) is 0.337. The Kier molecular flexibility index (Phi) is 8.33. The Bertz CT molecular complexity index is 1100. The van der Waals surface area contributed by atoms with Crippen LogP contribution >= 0.6 is 27.3 Å². The number of hydrogen-bond acceptors (Lipinski definition) is 4. The van der Waals surface area contributed by atoms with Crippen molar-refractivity contribution in [2.75, 3.05) is 11.4 Å². The van der Waals surface area contributed by atoms with Gasteiger partial charge in [-0.25, -0.2) is 4.79 Å². The molecule has 0 radical (unpaired) electrons. The molecule has 1 aromatic heterocycles. The number of fused-ring (bicyclic) bond motifs is 1. The van der Waals surface area contributed by atoms with E-state index in [0.717, 1.165) is 0 Å². The fourth-order valence-electron chi connectivity index (χ4n) is 4.01. The zero-order valence-electron chi connectivity index (χ0n) is 19.5. The first-order valence-electron chi connectivity index (χ1n) is 10.9. The Hall–Kier alpha value is -2.28. The van der Waals surface area contributed by atoms with Gasteiger partial charge in [-0.2, -0.15) is 26.3 Å². The number of hydrogen-bond donors (Lipinski definition) is 0. The summed E-state index contributed by atoms with van der Waals surface area (Å²) >= 11 is 4.61. The van der Waals surface area contributed by atoms with Gasteiger partial charge in [-0.1, -0.05) is 0 Å². The maximum Gasteiger partial charge on any atom is 0.416 e. The van der Waals surface area contributed by atoms with E-state index in [9.17, 15) is 35.9 Å². The van der Waals surface area contributed by atoms with Gasteiger partial charge >= 0.3 is 18.4 Å². The molecule has 13 heteroatoms. The number of halogens is 7. The second-order valence-electron chi connectivity index (χ2n) is 8.60. The van der Waals surface area contributed by atoms with Gasteiger partial charge in [-0.05, 0) is 72.4 Å². The third-order valence-electron chi connectivity index (χ3n) is 5.50. The van der Waals surface area contributed by atoms with Crippen LogP contribution in [0.4, 0.5) is 36.8 Å². The molecule has 1 atom stereocenters. The highest BCUT2D eigenvalue weighted by Crippen LogP contribution is 2.45. The minimum Gasteiger partial charge on any atom is -0.446 e. The van der Waals surface area contributed by atoms with Crippen molar-refractivity contribution < 1.29 is 40.7 Å². The number of ether oxygens (including phenoxy) is 1. The zero-order chi connectivity index (χ0) is 27.0. The minimum atomic E-state index is -5.00. The molecule has 2 heterocycles. The van der Waals surface area contributed by atoms with E-state index < -0.39 is 48.1 Å². The van der Waals surface area contributed by atoms with Crippen molar-refractivity contribution in [1.82, 2.24) is 4.90 Å². The van der Waals surface area contributed by atoms with Crippen molar-refractivity contribution >= 4 is 45.0 Å². The van der Waals surface area contributed by atoms with Crippen LogP contribution in [0.5, 0.6) is 0 Å². The van der Waals surface area contributed by atoms with Gasteiger partial charge in [0.15, 0.2) is 0 Å². The highest BCUT2D eigenvalue weighted by Gasteiger charge is 2.38. The van der Waals surface area contributed by atoms with E-state index in [0.29, 0.717) is 39.3 Å². The highest BCUT2D eigenvalue weighted by atomic mass is 79.9. The summed E-state index contributed by atoms with van der Waals surface area (Å²) in [5, 5.41) is 0. The number of carbonyl (C=O) groups excluding carboxylic acids is 2. The molecule has 0 fully saturated rings. The van der Waals surface area contributed by atoms with Gasteiger partial charge in [0, 0.05) is 20.0 Å². The van der Waals surface area contributed by atoms with Crippen LogP contribution in [0.1, 0.15) is 61.2 Å². The van der Waals surface area contributed by atoms with Crippen LogP contribution in [0.3, 0.4) is 0 Å². The number of nitrogens with zero attached hydrogens (tertiary/aromatic N) is 2. The number of thiophene rings is 1. The molecule has 1 aliphatic heterocycles. The van der Waals surface area contributed by atoms with Crippen LogP contribution in [0.2, 0.25) is 0 Å². The number of rotatable bonds is 4. The largest absolute Gasteiger partial charge is 0.446 e. The first-order valence-corrected chi connectivity index (χ1v) is 12.5. The van der Waals surface area contributed by atoms with Gasteiger partial charge in [0.25, 0.3) is 0 Å². The highest BCUT2D eigenvalue weighted by molar-refractivity contribution is 9.11. The maximum absolute atomic E-state index is 13.3. The molecule has 1 aromatic carbocycles. The normalized spacial score (nSPS) is 16.5. The molecule has 0 N–H and O–H groups in total. The molecule has 2 amide bonds. The van der Waals surface area contributed by atoms with Gasteiger partial charge in [0.05, 0.1) is 37.6 Å². The van der Waals surface area contributed by atoms with Crippen molar-refractivity contribution in [1.29, 1.82) is 0 Å². The molecule has 0 spiro atoms. The number of anilines is 1. The summed E-state index contributed by atoms with van der Waals surface area (Å²) in [5.74, 6) is -0.528. The van der Waals surface area contributed by atoms with Crippen molar-refractivity contribution in [2.24, 2.45) is 0 Å². The molecule has 198 valence electrons. The first kappa shape index (κ1) is 28.3. The van der Waals surface area contributed by atoms with Gasteiger partial charge in [-0.3, -0.25) is 9.69 Å². The zero-order valence-corrected chi connectivity index (χ0v) is 21.9. The number of carbonyl (C=O) groups is 2. The Morgan fingerprint density at radius 1 is 1.11 bits per heavy atom. The molecule has 5 nitrogen and oxygen atoms in total. The van der Waals surface area contributed by atoms with Crippen LogP contribution in [-0.2, 0) is 28.4 Å². The van der Waals surface area contributed by atoms with Crippen LogP contribution in [0, 0.1) is 0 Å². The van der Waals surface area contributed by atoms with Crippen LogP contribution in [0.15, 0.2) is 28.1 Å². The third-order valence-corrected chi connectivity index (χ3v) is 7.23. The number of amides is 2. The summed E-state index contributed by atoms with van der Waals surface area (Å²) in [6, 6.07) is 2.32. The first-order chi connectivity index (χ1) is 16.6.